The lowest BCUT2D eigenvalue weighted by Gasteiger charge is -2.16. The van der Waals surface area contributed by atoms with Gasteiger partial charge >= 0.3 is 6.18 Å². The fourth-order valence-corrected chi connectivity index (χ4v) is 1.02. The summed E-state index contributed by atoms with van der Waals surface area (Å²) in [5, 5.41) is 0. The van der Waals surface area contributed by atoms with Crippen LogP contribution >= 0.6 is 0 Å². The number of hydrogen-bond donors (Lipinski definition) is 1. The van der Waals surface area contributed by atoms with Crippen LogP contribution < -0.4 is 5.73 Å². The molecule has 0 bridgehead atoms. The maximum atomic E-state index is 11.7. The van der Waals surface area contributed by atoms with Crippen LogP contribution in [0.2, 0.25) is 0 Å². The van der Waals surface area contributed by atoms with Crippen LogP contribution in [0.4, 0.5) is 13.2 Å². The first kappa shape index (κ1) is 12.7. The van der Waals surface area contributed by atoms with E-state index >= 15 is 0 Å². The van der Waals surface area contributed by atoms with E-state index in [0.29, 0.717) is 13.1 Å². The molecule has 0 unspecified atom stereocenters. The van der Waals surface area contributed by atoms with Crippen molar-refractivity contribution in [3.05, 3.63) is 0 Å². The predicted octanol–water partition coefficient (Wildman–Crippen LogP) is 1.61. The quantitative estimate of drug-likeness (QED) is 0.702. The van der Waals surface area contributed by atoms with E-state index in [1.165, 1.54) is 0 Å². The Kier molecular flexibility index (Phi) is 6.07. The first-order valence-corrected chi connectivity index (χ1v) is 4.41. The summed E-state index contributed by atoms with van der Waals surface area (Å²) in [6, 6.07) is 0. The summed E-state index contributed by atoms with van der Waals surface area (Å²) in [4.78, 5) is 1.87. The van der Waals surface area contributed by atoms with Crippen molar-refractivity contribution < 1.29 is 13.2 Å². The van der Waals surface area contributed by atoms with Gasteiger partial charge in [0.2, 0.25) is 0 Å². The lowest BCUT2D eigenvalue weighted by Crippen LogP contribution is -2.24. The lowest BCUT2D eigenvalue weighted by molar-refractivity contribution is -0.136. The summed E-state index contributed by atoms with van der Waals surface area (Å²) >= 11 is 0. The molecule has 80 valence electrons. The molecule has 0 aliphatic rings. The third kappa shape index (κ3) is 9.63. The van der Waals surface area contributed by atoms with Crippen molar-refractivity contribution in [1.29, 1.82) is 0 Å². The second kappa shape index (κ2) is 6.21. The fourth-order valence-electron chi connectivity index (χ4n) is 1.02. The number of nitrogens with zero attached hydrogens (tertiary/aromatic N) is 1. The van der Waals surface area contributed by atoms with E-state index in [4.69, 9.17) is 5.73 Å². The van der Waals surface area contributed by atoms with E-state index in [0.717, 1.165) is 13.0 Å². The van der Waals surface area contributed by atoms with Crippen LogP contribution in [0.25, 0.3) is 0 Å². The second-order valence-corrected chi connectivity index (χ2v) is 3.16. The fraction of sp³-hybridized carbons (Fsp3) is 1.00. The Bertz CT molecular complexity index is 125. The highest BCUT2D eigenvalue weighted by atomic mass is 19.4. The van der Waals surface area contributed by atoms with E-state index in [9.17, 15) is 13.2 Å². The van der Waals surface area contributed by atoms with Crippen molar-refractivity contribution in [2.75, 3.05) is 26.7 Å². The standard InChI is InChI=1S/C8H17F3N2/c1-13(7-3-5-12)6-2-4-8(9,10)11/h2-7,12H2,1H3. The molecule has 0 rings (SSSR count). The van der Waals surface area contributed by atoms with E-state index in [2.05, 4.69) is 0 Å². The minimum atomic E-state index is -4.02. The number of alkyl halides is 3. The maximum Gasteiger partial charge on any atom is 0.389 e. The van der Waals surface area contributed by atoms with Crippen molar-refractivity contribution in [3.63, 3.8) is 0 Å². The molecule has 13 heavy (non-hydrogen) atoms. The van der Waals surface area contributed by atoms with Crippen molar-refractivity contribution in [2.45, 2.75) is 25.4 Å². The topological polar surface area (TPSA) is 29.3 Å². The van der Waals surface area contributed by atoms with Crippen LogP contribution in [0, 0.1) is 0 Å². The molecule has 0 aliphatic heterocycles. The highest BCUT2D eigenvalue weighted by Crippen LogP contribution is 2.21. The minimum Gasteiger partial charge on any atom is -0.330 e. The Labute approximate surface area is 76.9 Å². The third-order valence-corrected chi connectivity index (χ3v) is 1.74. The van der Waals surface area contributed by atoms with Gasteiger partial charge in [-0.2, -0.15) is 13.2 Å². The largest absolute Gasteiger partial charge is 0.389 e. The Morgan fingerprint density at radius 1 is 1.15 bits per heavy atom. The molecule has 0 aromatic heterocycles. The highest BCUT2D eigenvalue weighted by Gasteiger charge is 2.26. The summed E-state index contributed by atoms with van der Waals surface area (Å²) in [6.45, 7) is 1.84. The van der Waals surface area contributed by atoms with Gasteiger partial charge in [0.1, 0.15) is 0 Å². The van der Waals surface area contributed by atoms with Gasteiger partial charge in [-0.15, -0.1) is 0 Å². The number of rotatable bonds is 6. The van der Waals surface area contributed by atoms with Gasteiger partial charge in [0, 0.05) is 6.42 Å². The molecule has 0 saturated heterocycles. The second-order valence-electron chi connectivity index (χ2n) is 3.16. The maximum absolute atomic E-state index is 11.7. The summed E-state index contributed by atoms with van der Waals surface area (Å²) in [5.74, 6) is 0. The molecule has 0 aliphatic carbocycles. The zero-order valence-electron chi connectivity index (χ0n) is 7.90. The number of halogens is 3. The molecule has 0 amide bonds. The molecule has 0 fully saturated rings. The Hall–Kier alpha value is -0.290. The third-order valence-electron chi connectivity index (χ3n) is 1.74. The molecule has 0 heterocycles. The smallest absolute Gasteiger partial charge is 0.330 e. The lowest BCUT2D eigenvalue weighted by atomic mass is 10.3. The molecule has 0 spiro atoms. The van der Waals surface area contributed by atoms with Crippen molar-refractivity contribution in [1.82, 2.24) is 4.90 Å². The molecular formula is C8H17F3N2. The van der Waals surface area contributed by atoms with Crippen LogP contribution in [0.3, 0.4) is 0 Å². The van der Waals surface area contributed by atoms with Crippen LogP contribution in [0.15, 0.2) is 0 Å². The normalized spacial score (nSPS) is 12.5. The van der Waals surface area contributed by atoms with Gasteiger partial charge in [0.15, 0.2) is 0 Å². The average Bonchev–Trinajstić information content (AvgIpc) is 1.98. The molecule has 0 aromatic carbocycles. The van der Waals surface area contributed by atoms with E-state index in [1.807, 2.05) is 11.9 Å². The molecule has 2 nitrogen and oxygen atoms in total. The first-order valence-electron chi connectivity index (χ1n) is 4.41. The van der Waals surface area contributed by atoms with Crippen LogP contribution in [-0.4, -0.2) is 37.8 Å². The zero-order valence-corrected chi connectivity index (χ0v) is 7.90. The van der Waals surface area contributed by atoms with Crippen LogP contribution in [-0.2, 0) is 0 Å². The number of nitrogens with two attached hydrogens (primary N) is 1. The zero-order chi connectivity index (χ0) is 10.3. The van der Waals surface area contributed by atoms with Gasteiger partial charge in [-0.05, 0) is 39.5 Å². The van der Waals surface area contributed by atoms with Gasteiger partial charge in [-0.1, -0.05) is 0 Å². The molecule has 0 aromatic rings. The van der Waals surface area contributed by atoms with Crippen molar-refractivity contribution in [3.8, 4) is 0 Å². The monoisotopic (exact) mass is 198 g/mol. The molecule has 5 heteroatoms. The van der Waals surface area contributed by atoms with E-state index in [1.54, 1.807) is 0 Å². The predicted molar refractivity (Wildman–Crippen MR) is 46.5 cm³/mol. The minimum absolute atomic E-state index is 0.171. The highest BCUT2D eigenvalue weighted by molar-refractivity contribution is 4.56. The molecule has 0 radical (unpaired) electrons. The molecule has 0 atom stereocenters. The summed E-state index contributed by atoms with van der Waals surface area (Å²) < 4.78 is 35.2. The average molecular weight is 198 g/mol. The summed E-state index contributed by atoms with van der Waals surface area (Å²) in [6.07, 6.45) is -3.71. The van der Waals surface area contributed by atoms with Crippen molar-refractivity contribution in [2.24, 2.45) is 5.73 Å². The molecule has 2 N–H and O–H groups in total. The Morgan fingerprint density at radius 3 is 2.15 bits per heavy atom. The van der Waals surface area contributed by atoms with Crippen LogP contribution in [0.1, 0.15) is 19.3 Å². The van der Waals surface area contributed by atoms with Gasteiger partial charge < -0.3 is 10.6 Å². The summed E-state index contributed by atoms with van der Waals surface area (Å²) in [7, 11) is 1.81. The van der Waals surface area contributed by atoms with Crippen molar-refractivity contribution >= 4 is 0 Å². The summed E-state index contributed by atoms with van der Waals surface area (Å²) in [5.41, 5.74) is 5.27. The van der Waals surface area contributed by atoms with Gasteiger partial charge in [0.25, 0.3) is 0 Å². The van der Waals surface area contributed by atoms with Gasteiger partial charge in [-0.25, -0.2) is 0 Å². The Balaban J connectivity index is 3.31. The van der Waals surface area contributed by atoms with Crippen LogP contribution in [0.5, 0.6) is 0 Å². The Morgan fingerprint density at radius 2 is 1.69 bits per heavy atom. The molecular weight excluding hydrogens is 181 g/mol. The first-order chi connectivity index (χ1) is 5.95. The number of hydrogen-bond acceptors (Lipinski definition) is 2. The van der Waals surface area contributed by atoms with Gasteiger partial charge in [-0.3, -0.25) is 0 Å². The SMILES string of the molecule is CN(CCCN)CCCC(F)(F)F. The van der Waals surface area contributed by atoms with E-state index in [-0.39, 0.29) is 6.42 Å². The van der Waals surface area contributed by atoms with Gasteiger partial charge in [0.05, 0.1) is 0 Å². The van der Waals surface area contributed by atoms with E-state index < -0.39 is 12.6 Å². The molecule has 0 saturated carbocycles.